The predicted octanol–water partition coefficient (Wildman–Crippen LogP) is 1.52. The number of aromatic amines is 1. The normalized spacial score (nSPS) is 12.9. The van der Waals surface area contributed by atoms with Gasteiger partial charge in [0, 0.05) is 6.07 Å². The van der Waals surface area contributed by atoms with Gasteiger partial charge in [-0.3, -0.25) is 4.79 Å². The Hall–Kier alpha value is -1.53. The summed E-state index contributed by atoms with van der Waals surface area (Å²) in [5, 5.41) is 9.93. The van der Waals surface area contributed by atoms with Crippen molar-refractivity contribution < 1.29 is 0 Å². The summed E-state index contributed by atoms with van der Waals surface area (Å²) in [5.41, 5.74) is 0.590. The maximum Gasteiger partial charge on any atom is 0.248 e. The molecule has 2 aromatic heterocycles. The molecule has 2 rings (SSSR count). The van der Waals surface area contributed by atoms with E-state index in [1.807, 2.05) is 20.2 Å². The molecule has 0 aliphatic carbocycles. The molecule has 0 amide bonds. The third kappa shape index (κ3) is 2.59. The first-order valence-electron chi connectivity index (χ1n) is 5.27. The zero-order chi connectivity index (χ0) is 12.4. The van der Waals surface area contributed by atoms with Crippen molar-refractivity contribution in [3.63, 3.8) is 0 Å². The lowest BCUT2D eigenvalue weighted by molar-refractivity contribution is 0.319. The molecule has 1 atom stereocenters. The molecule has 5 nitrogen and oxygen atoms in total. The lowest BCUT2D eigenvalue weighted by Gasteiger charge is -2.15. The number of rotatable bonds is 3. The monoisotopic (exact) mass is 250 g/mol. The Morgan fingerprint density at radius 2 is 2.12 bits per heavy atom. The summed E-state index contributed by atoms with van der Waals surface area (Å²) < 4.78 is 0. The molecule has 0 saturated carbocycles. The molecule has 0 aliphatic rings. The number of pyridine rings is 1. The molecular weight excluding hydrogens is 236 g/mol. The highest BCUT2D eigenvalue weighted by Crippen LogP contribution is 2.26. The lowest BCUT2D eigenvalue weighted by Crippen LogP contribution is -2.16. The summed E-state index contributed by atoms with van der Waals surface area (Å²) in [6.45, 7) is 2.07. The maximum absolute atomic E-state index is 11.2. The second kappa shape index (κ2) is 4.77. The van der Waals surface area contributed by atoms with Crippen LogP contribution in [0.4, 0.5) is 0 Å². The Balaban J connectivity index is 2.33. The highest BCUT2D eigenvalue weighted by Gasteiger charge is 2.14. The minimum atomic E-state index is -0.125. The fourth-order valence-electron chi connectivity index (χ4n) is 1.31. The quantitative estimate of drug-likeness (QED) is 0.897. The van der Waals surface area contributed by atoms with Crippen LogP contribution in [0.3, 0.4) is 0 Å². The number of H-pyrrole nitrogens is 1. The van der Waals surface area contributed by atoms with Crippen LogP contribution in [0.2, 0.25) is 0 Å². The van der Waals surface area contributed by atoms with Crippen LogP contribution in [0.5, 0.6) is 0 Å². The number of nitrogens with zero attached hydrogens (tertiary/aromatic N) is 3. The first-order valence-corrected chi connectivity index (χ1v) is 6.09. The van der Waals surface area contributed by atoms with Gasteiger partial charge >= 0.3 is 0 Å². The van der Waals surface area contributed by atoms with Gasteiger partial charge in [0.1, 0.15) is 5.01 Å². The van der Waals surface area contributed by atoms with Crippen LogP contribution in [0, 0.1) is 0 Å². The molecule has 0 bridgehead atoms. The van der Waals surface area contributed by atoms with Crippen molar-refractivity contribution in [3.05, 3.63) is 33.6 Å². The van der Waals surface area contributed by atoms with E-state index in [2.05, 4.69) is 27.0 Å². The fraction of sp³-hybridized carbons (Fsp3) is 0.364. The van der Waals surface area contributed by atoms with Crippen LogP contribution in [0.15, 0.2) is 23.0 Å². The van der Waals surface area contributed by atoms with Gasteiger partial charge in [-0.2, -0.15) is 0 Å². The van der Waals surface area contributed by atoms with Gasteiger partial charge in [0.05, 0.1) is 11.7 Å². The van der Waals surface area contributed by atoms with Gasteiger partial charge in [-0.15, -0.1) is 10.2 Å². The molecule has 1 N–H and O–H groups in total. The third-order valence-electron chi connectivity index (χ3n) is 2.57. The summed E-state index contributed by atoms with van der Waals surface area (Å²) in [6, 6.07) is 5.24. The first-order chi connectivity index (χ1) is 8.08. The molecule has 0 radical (unpaired) electrons. The predicted molar refractivity (Wildman–Crippen MR) is 68.1 cm³/mol. The van der Waals surface area contributed by atoms with Crippen molar-refractivity contribution in [1.82, 2.24) is 20.1 Å². The highest BCUT2D eigenvalue weighted by atomic mass is 32.1. The number of hydrogen-bond acceptors (Lipinski definition) is 5. The van der Waals surface area contributed by atoms with E-state index < -0.39 is 0 Å². The smallest absolute Gasteiger partial charge is 0.248 e. The second-order valence-electron chi connectivity index (χ2n) is 4.01. The molecule has 2 aromatic rings. The molecule has 0 aromatic carbocycles. The van der Waals surface area contributed by atoms with Crippen molar-refractivity contribution in [1.29, 1.82) is 0 Å². The second-order valence-corrected chi connectivity index (χ2v) is 5.02. The largest absolute Gasteiger partial charge is 0.320 e. The maximum atomic E-state index is 11.2. The van der Waals surface area contributed by atoms with Crippen molar-refractivity contribution >= 4 is 11.3 Å². The fourth-order valence-corrected chi connectivity index (χ4v) is 2.28. The molecule has 90 valence electrons. The average molecular weight is 250 g/mol. The van der Waals surface area contributed by atoms with E-state index >= 15 is 0 Å². The van der Waals surface area contributed by atoms with E-state index in [-0.39, 0.29) is 11.6 Å². The molecule has 0 aliphatic heterocycles. The van der Waals surface area contributed by atoms with Crippen LogP contribution < -0.4 is 5.56 Å². The van der Waals surface area contributed by atoms with Gasteiger partial charge in [0.25, 0.3) is 0 Å². The summed E-state index contributed by atoms with van der Waals surface area (Å²) in [6.07, 6.45) is 0. The van der Waals surface area contributed by atoms with Gasteiger partial charge in [-0.25, -0.2) is 0 Å². The van der Waals surface area contributed by atoms with Gasteiger partial charge in [0.2, 0.25) is 5.56 Å². The first kappa shape index (κ1) is 11.9. The highest BCUT2D eigenvalue weighted by molar-refractivity contribution is 7.14. The van der Waals surface area contributed by atoms with Crippen LogP contribution in [-0.2, 0) is 0 Å². The van der Waals surface area contributed by atoms with Gasteiger partial charge < -0.3 is 9.88 Å². The van der Waals surface area contributed by atoms with Crippen molar-refractivity contribution in [3.8, 4) is 10.7 Å². The van der Waals surface area contributed by atoms with E-state index in [9.17, 15) is 4.79 Å². The van der Waals surface area contributed by atoms with Crippen molar-refractivity contribution in [2.45, 2.75) is 13.0 Å². The number of hydrogen-bond donors (Lipinski definition) is 1. The van der Waals surface area contributed by atoms with Crippen LogP contribution >= 0.6 is 11.3 Å². The van der Waals surface area contributed by atoms with Crippen molar-refractivity contribution in [2.24, 2.45) is 0 Å². The summed E-state index contributed by atoms with van der Waals surface area (Å²) in [7, 11) is 3.99. The topological polar surface area (TPSA) is 61.9 Å². The zero-order valence-electron chi connectivity index (χ0n) is 9.97. The summed E-state index contributed by atoms with van der Waals surface area (Å²) >= 11 is 1.50. The Morgan fingerprint density at radius 3 is 2.76 bits per heavy atom. The lowest BCUT2D eigenvalue weighted by atomic mass is 10.3. The number of aromatic nitrogens is 3. The minimum Gasteiger partial charge on any atom is -0.320 e. The average Bonchev–Trinajstić information content (AvgIpc) is 2.77. The molecule has 0 saturated heterocycles. The van der Waals surface area contributed by atoms with Crippen LogP contribution in [0.1, 0.15) is 18.0 Å². The van der Waals surface area contributed by atoms with E-state index in [0.29, 0.717) is 5.69 Å². The Bertz CT molecular complexity index is 560. The SMILES string of the molecule is CC(c1nnc(-c2cccc(=O)[nH]2)s1)N(C)C. The van der Waals surface area contributed by atoms with E-state index in [1.165, 1.54) is 17.4 Å². The molecule has 0 fully saturated rings. The molecular formula is C11H14N4OS. The Kier molecular flexibility index (Phi) is 3.35. The molecule has 1 unspecified atom stereocenters. The minimum absolute atomic E-state index is 0.125. The number of nitrogens with one attached hydrogen (secondary N) is 1. The van der Waals surface area contributed by atoms with E-state index in [0.717, 1.165) is 10.0 Å². The van der Waals surface area contributed by atoms with Crippen molar-refractivity contribution in [2.75, 3.05) is 14.1 Å². The third-order valence-corrected chi connectivity index (χ3v) is 3.70. The van der Waals surface area contributed by atoms with Gasteiger partial charge in [0.15, 0.2) is 5.01 Å². The molecule has 17 heavy (non-hydrogen) atoms. The molecule has 2 heterocycles. The van der Waals surface area contributed by atoms with Gasteiger partial charge in [-0.1, -0.05) is 17.4 Å². The summed E-state index contributed by atoms with van der Waals surface area (Å²) in [4.78, 5) is 16.0. The van der Waals surface area contributed by atoms with Crippen LogP contribution in [-0.4, -0.2) is 34.2 Å². The van der Waals surface area contributed by atoms with E-state index in [1.54, 1.807) is 6.07 Å². The Morgan fingerprint density at radius 1 is 1.35 bits per heavy atom. The van der Waals surface area contributed by atoms with E-state index in [4.69, 9.17) is 0 Å². The molecule has 6 heteroatoms. The van der Waals surface area contributed by atoms with Crippen LogP contribution in [0.25, 0.3) is 10.7 Å². The zero-order valence-corrected chi connectivity index (χ0v) is 10.8. The standard InChI is InChI=1S/C11H14N4OS/c1-7(15(2)3)10-13-14-11(17-10)8-5-4-6-9(16)12-8/h4-7H,1-3H3,(H,12,16). The Labute approximate surface area is 103 Å². The summed E-state index contributed by atoms with van der Waals surface area (Å²) in [5.74, 6) is 0. The van der Waals surface area contributed by atoms with Gasteiger partial charge in [-0.05, 0) is 27.1 Å². The molecule has 0 spiro atoms.